The maximum absolute atomic E-state index is 2.34. The minimum Gasteiger partial charge on any atom is -0.0885 e. The van der Waals surface area contributed by atoms with Crippen LogP contribution >= 0.6 is 0 Å². The molecule has 0 aliphatic rings. The van der Waals surface area contributed by atoms with Crippen LogP contribution in [0.4, 0.5) is 0 Å². The summed E-state index contributed by atoms with van der Waals surface area (Å²) in [6, 6.07) is 0. The van der Waals surface area contributed by atoms with Crippen LogP contribution in [0.15, 0.2) is 12.2 Å². The lowest BCUT2D eigenvalue weighted by Gasteiger charge is -1.98. The van der Waals surface area contributed by atoms with Crippen LogP contribution in [0.5, 0.6) is 0 Å². The Morgan fingerprint density at radius 3 is 2.25 bits per heavy atom. The first-order chi connectivity index (χ1) is 5.77. The number of hydrogen-bond donors (Lipinski definition) is 0. The van der Waals surface area contributed by atoms with Gasteiger partial charge in [-0.25, -0.2) is 0 Å². The zero-order valence-corrected chi connectivity index (χ0v) is 8.97. The Labute approximate surface area is 78.5 Å². The van der Waals surface area contributed by atoms with Crippen LogP contribution in [0.25, 0.3) is 0 Å². The first kappa shape index (κ1) is 11.8. The van der Waals surface area contributed by atoms with Crippen molar-refractivity contribution < 1.29 is 0 Å². The molecule has 0 aliphatic heterocycles. The first-order valence-corrected chi connectivity index (χ1v) is 5.42. The maximum atomic E-state index is 2.34. The fourth-order valence-electron chi connectivity index (χ4n) is 1.22. The highest BCUT2D eigenvalue weighted by molar-refractivity contribution is 6.55. The quantitative estimate of drug-likeness (QED) is 0.301. The third-order valence-electron chi connectivity index (χ3n) is 2.02. The fraction of sp³-hybridized carbons (Fsp3) is 0.818. The van der Waals surface area contributed by atoms with Gasteiger partial charge in [0.1, 0.15) is 6.71 Å². The highest BCUT2D eigenvalue weighted by atomic mass is 13.9. The van der Waals surface area contributed by atoms with Crippen molar-refractivity contribution in [3.05, 3.63) is 12.2 Å². The molecule has 0 aromatic rings. The minimum absolute atomic E-state index is 0.879. The average molecular weight is 166 g/mol. The third kappa shape index (κ3) is 9.80. The lowest BCUT2D eigenvalue weighted by atomic mass is 9.51. The van der Waals surface area contributed by atoms with Crippen LogP contribution in [-0.4, -0.2) is 6.71 Å². The van der Waals surface area contributed by atoms with Gasteiger partial charge in [0, 0.05) is 0 Å². The molecule has 0 spiro atoms. The molecular formula is C11H23B. The van der Waals surface area contributed by atoms with E-state index in [1.54, 1.807) is 0 Å². The molecule has 1 heteroatoms. The van der Waals surface area contributed by atoms with Gasteiger partial charge in [0.05, 0.1) is 0 Å². The molecule has 0 amide bonds. The molecule has 0 nitrogen and oxygen atoms in total. The molecule has 12 heavy (non-hydrogen) atoms. The van der Waals surface area contributed by atoms with Crippen molar-refractivity contribution in [2.75, 3.05) is 0 Å². The fourth-order valence-corrected chi connectivity index (χ4v) is 1.22. The Balaban J connectivity index is 3.00. The molecule has 0 aromatic heterocycles. The SMILES string of the molecule is CCC/C=C\CCCCB(C)C. The van der Waals surface area contributed by atoms with Crippen LogP contribution in [-0.2, 0) is 0 Å². The van der Waals surface area contributed by atoms with E-state index in [-0.39, 0.29) is 0 Å². The zero-order valence-electron chi connectivity index (χ0n) is 8.97. The number of unbranched alkanes of at least 4 members (excludes halogenated alkanes) is 3. The van der Waals surface area contributed by atoms with E-state index in [0.29, 0.717) is 0 Å². The van der Waals surface area contributed by atoms with Crippen LogP contribution in [0, 0.1) is 0 Å². The molecule has 0 aromatic carbocycles. The van der Waals surface area contributed by atoms with E-state index in [1.165, 1.54) is 38.4 Å². The Kier molecular flexibility index (Phi) is 8.75. The molecule has 0 radical (unpaired) electrons. The van der Waals surface area contributed by atoms with Gasteiger partial charge in [-0.3, -0.25) is 0 Å². The highest BCUT2D eigenvalue weighted by Gasteiger charge is 1.95. The van der Waals surface area contributed by atoms with E-state index in [0.717, 1.165) is 6.71 Å². The van der Waals surface area contributed by atoms with E-state index >= 15 is 0 Å². The smallest absolute Gasteiger partial charge is 0.0885 e. The van der Waals surface area contributed by atoms with Gasteiger partial charge in [0.15, 0.2) is 0 Å². The average Bonchev–Trinajstić information content (AvgIpc) is 2.02. The molecule has 0 rings (SSSR count). The number of rotatable bonds is 7. The second-order valence-electron chi connectivity index (χ2n) is 3.94. The van der Waals surface area contributed by atoms with Crippen molar-refractivity contribution in [2.45, 2.75) is 59.0 Å². The lowest BCUT2D eigenvalue weighted by Crippen LogP contribution is -1.97. The Morgan fingerprint density at radius 2 is 1.67 bits per heavy atom. The molecular weight excluding hydrogens is 143 g/mol. The lowest BCUT2D eigenvalue weighted by molar-refractivity contribution is 0.803. The largest absolute Gasteiger partial charge is 0.133 e. The molecule has 70 valence electrons. The standard InChI is InChI=1S/C11H23B/c1-4-5-6-7-8-9-10-11-12(2)3/h6-7H,4-5,8-11H2,1-3H3/b7-6-. The molecule has 0 fully saturated rings. The van der Waals surface area contributed by atoms with Crippen molar-refractivity contribution in [3.63, 3.8) is 0 Å². The summed E-state index contributed by atoms with van der Waals surface area (Å²) >= 11 is 0. The van der Waals surface area contributed by atoms with Gasteiger partial charge >= 0.3 is 0 Å². The summed E-state index contributed by atoms with van der Waals surface area (Å²) in [5.41, 5.74) is 0. The van der Waals surface area contributed by atoms with Crippen molar-refractivity contribution in [1.29, 1.82) is 0 Å². The summed E-state index contributed by atoms with van der Waals surface area (Å²) in [4.78, 5) is 0. The third-order valence-corrected chi connectivity index (χ3v) is 2.02. The molecule has 0 aliphatic carbocycles. The molecule has 0 unspecified atom stereocenters. The van der Waals surface area contributed by atoms with Gasteiger partial charge in [-0.15, -0.1) is 0 Å². The normalized spacial score (nSPS) is 10.9. The van der Waals surface area contributed by atoms with Gasteiger partial charge < -0.3 is 0 Å². The van der Waals surface area contributed by atoms with Crippen LogP contribution in [0.1, 0.15) is 39.0 Å². The van der Waals surface area contributed by atoms with Crippen LogP contribution in [0.3, 0.4) is 0 Å². The van der Waals surface area contributed by atoms with Crippen molar-refractivity contribution in [3.8, 4) is 0 Å². The monoisotopic (exact) mass is 166 g/mol. The summed E-state index contributed by atoms with van der Waals surface area (Å²) in [6.07, 6.45) is 12.6. The second-order valence-corrected chi connectivity index (χ2v) is 3.94. The van der Waals surface area contributed by atoms with E-state index < -0.39 is 0 Å². The summed E-state index contributed by atoms with van der Waals surface area (Å²) in [5.74, 6) is 0. The maximum Gasteiger partial charge on any atom is 0.133 e. The van der Waals surface area contributed by atoms with Crippen molar-refractivity contribution >= 4 is 6.71 Å². The molecule has 0 heterocycles. The highest BCUT2D eigenvalue weighted by Crippen LogP contribution is 2.05. The van der Waals surface area contributed by atoms with Crippen molar-refractivity contribution in [2.24, 2.45) is 0 Å². The molecule has 0 saturated carbocycles. The van der Waals surface area contributed by atoms with Crippen LogP contribution < -0.4 is 0 Å². The van der Waals surface area contributed by atoms with E-state index in [9.17, 15) is 0 Å². The van der Waals surface area contributed by atoms with Crippen molar-refractivity contribution in [1.82, 2.24) is 0 Å². The summed E-state index contributed by atoms with van der Waals surface area (Å²) in [6.45, 7) is 7.70. The van der Waals surface area contributed by atoms with Gasteiger partial charge in [-0.1, -0.05) is 58.3 Å². The first-order valence-electron chi connectivity index (χ1n) is 5.42. The Hall–Kier alpha value is -0.195. The summed E-state index contributed by atoms with van der Waals surface area (Å²) in [5, 5.41) is 0. The van der Waals surface area contributed by atoms with Gasteiger partial charge in [-0.2, -0.15) is 0 Å². The number of hydrogen-bond acceptors (Lipinski definition) is 0. The molecule has 0 N–H and O–H groups in total. The zero-order chi connectivity index (χ0) is 9.23. The second kappa shape index (κ2) is 8.90. The predicted molar refractivity (Wildman–Crippen MR) is 60.2 cm³/mol. The molecule has 0 bridgehead atoms. The van der Waals surface area contributed by atoms with E-state index in [4.69, 9.17) is 0 Å². The topological polar surface area (TPSA) is 0 Å². The summed E-state index contributed by atoms with van der Waals surface area (Å²) < 4.78 is 0. The Morgan fingerprint density at radius 1 is 1.00 bits per heavy atom. The van der Waals surface area contributed by atoms with E-state index in [1.807, 2.05) is 0 Å². The van der Waals surface area contributed by atoms with E-state index in [2.05, 4.69) is 32.7 Å². The van der Waals surface area contributed by atoms with Gasteiger partial charge in [0.2, 0.25) is 0 Å². The summed E-state index contributed by atoms with van der Waals surface area (Å²) in [7, 11) is 0. The van der Waals surface area contributed by atoms with Gasteiger partial charge in [0.25, 0.3) is 0 Å². The minimum atomic E-state index is 0.879. The Bertz CT molecular complexity index is 106. The van der Waals surface area contributed by atoms with Crippen LogP contribution in [0.2, 0.25) is 20.0 Å². The van der Waals surface area contributed by atoms with Gasteiger partial charge in [-0.05, 0) is 12.8 Å². The molecule has 0 atom stereocenters. The molecule has 0 saturated heterocycles. The predicted octanol–water partition coefficient (Wildman–Crippen LogP) is 4.27. The number of allylic oxidation sites excluding steroid dienone is 2.